The smallest absolute Gasteiger partial charge is 0.0659 e. The van der Waals surface area contributed by atoms with Crippen LogP contribution >= 0.6 is 0 Å². The Morgan fingerprint density at radius 1 is 1.73 bits per heavy atom. The van der Waals surface area contributed by atoms with Gasteiger partial charge < -0.3 is 10.1 Å². The quantitative estimate of drug-likeness (QED) is 0.649. The van der Waals surface area contributed by atoms with Crippen molar-refractivity contribution in [2.45, 2.75) is 25.3 Å². The highest BCUT2D eigenvalue weighted by Gasteiger charge is 2.33. The molecule has 0 radical (unpaired) electrons. The van der Waals surface area contributed by atoms with Crippen LogP contribution in [0.4, 0.5) is 0 Å². The van der Waals surface area contributed by atoms with Gasteiger partial charge in [-0.3, -0.25) is 0 Å². The van der Waals surface area contributed by atoms with Crippen molar-refractivity contribution in [1.82, 2.24) is 5.32 Å². The number of nitrogens with zero attached hydrogens (tertiary/aromatic N) is 1. The second kappa shape index (κ2) is 3.70. The van der Waals surface area contributed by atoms with Crippen LogP contribution in [-0.2, 0) is 4.74 Å². The molecule has 0 amide bonds. The fourth-order valence-corrected chi connectivity index (χ4v) is 1.47. The maximum Gasteiger partial charge on any atom is 0.0659 e. The monoisotopic (exact) mass is 154 g/mol. The van der Waals surface area contributed by atoms with Gasteiger partial charge in [0.05, 0.1) is 24.6 Å². The van der Waals surface area contributed by atoms with E-state index in [0.29, 0.717) is 13.0 Å². The predicted octanol–water partition coefficient (Wildman–Crippen LogP) is 0.669. The first kappa shape index (κ1) is 8.51. The van der Waals surface area contributed by atoms with Gasteiger partial charge in [0, 0.05) is 6.61 Å². The minimum absolute atomic E-state index is 0.0382. The van der Waals surface area contributed by atoms with Crippen LogP contribution in [-0.4, -0.2) is 25.3 Å². The molecule has 3 nitrogen and oxygen atoms in total. The predicted molar refractivity (Wildman–Crippen MR) is 42.1 cm³/mol. The molecule has 0 spiro atoms. The fraction of sp³-hybridized carbons (Fsp3) is 0.875. The summed E-state index contributed by atoms with van der Waals surface area (Å²) in [5.74, 6) is 0. The number of hydrogen-bond acceptors (Lipinski definition) is 3. The number of rotatable bonds is 3. The Morgan fingerprint density at radius 3 is 3.00 bits per heavy atom. The highest BCUT2D eigenvalue weighted by molar-refractivity contribution is 4.98. The Kier molecular flexibility index (Phi) is 2.86. The van der Waals surface area contributed by atoms with Crippen molar-refractivity contribution in [3.05, 3.63) is 0 Å². The Bertz CT molecular complexity index is 156. The van der Waals surface area contributed by atoms with Crippen LogP contribution in [0.25, 0.3) is 0 Å². The molecule has 1 aliphatic heterocycles. The molecule has 1 aliphatic rings. The zero-order chi connectivity index (χ0) is 8.16. The second-order valence-corrected chi connectivity index (χ2v) is 2.95. The lowest BCUT2D eigenvalue weighted by Gasteiger charge is -2.24. The molecule has 1 N–H and O–H groups in total. The van der Waals surface area contributed by atoms with Gasteiger partial charge >= 0.3 is 0 Å². The summed E-state index contributed by atoms with van der Waals surface area (Å²) >= 11 is 0. The molecule has 62 valence electrons. The first-order valence-corrected chi connectivity index (χ1v) is 4.03. The van der Waals surface area contributed by atoms with E-state index in [1.54, 1.807) is 0 Å². The zero-order valence-corrected chi connectivity index (χ0v) is 6.89. The van der Waals surface area contributed by atoms with E-state index in [4.69, 9.17) is 10.00 Å². The van der Waals surface area contributed by atoms with Crippen LogP contribution in [0, 0.1) is 11.3 Å². The van der Waals surface area contributed by atoms with Crippen molar-refractivity contribution in [1.29, 1.82) is 5.26 Å². The van der Waals surface area contributed by atoms with Crippen LogP contribution in [0.5, 0.6) is 0 Å². The Labute approximate surface area is 67.3 Å². The summed E-state index contributed by atoms with van der Waals surface area (Å²) in [6.45, 7) is 4.44. The van der Waals surface area contributed by atoms with E-state index in [2.05, 4.69) is 18.3 Å². The summed E-state index contributed by atoms with van der Waals surface area (Å²) < 4.78 is 5.25. The van der Waals surface area contributed by atoms with Gasteiger partial charge in [-0.05, 0) is 13.0 Å². The molecular formula is C8H14N2O. The molecule has 0 aromatic heterocycles. The lowest BCUT2D eigenvalue weighted by atomic mass is 9.95. The van der Waals surface area contributed by atoms with E-state index >= 15 is 0 Å². The third-order valence-corrected chi connectivity index (χ3v) is 2.07. The summed E-state index contributed by atoms with van der Waals surface area (Å²) in [4.78, 5) is 0. The van der Waals surface area contributed by atoms with E-state index in [0.717, 1.165) is 19.6 Å². The lowest BCUT2D eigenvalue weighted by Crippen LogP contribution is -2.45. The maximum absolute atomic E-state index is 8.57. The largest absolute Gasteiger partial charge is 0.379 e. The molecule has 0 aromatic rings. The second-order valence-electron chi connectivity index (χ2n) is 2.95. The van der Waals surface area contributed by atoms with Crippen LogP contribution in [0.2, 0.25) is 0 Å². The van der Waals surface area contributed by atoms with Crippen LogP contribution < -0.4 is 5.32 Å². The molecule has 1 fully saturated rings. The standard InChI is InChI=1S/C8H14N2O/c1-2-10-8(3-5-9)4-6-11-7-8/h10H,2-4,6-7H2,1H3. The lowest BCUT2D eigenvalue weighted by molar-refractivity contribution is 0.168. The summed E-state index contributed by atoms with van der Waals surface area (Å²) in [5, 5.41) is 11.9. The number of nitrogens with one attached hydrogen (secondary N) is 1. The van der Waals surface area contributed by atoms with Gasteiger partial charge in [-0.2, -0.15) is 5.26 Å². The van der Waals surface area contributed by atoms with E-state index in [1.807, 2.05) is 0 Å². The van der Waals surface area contributed by atoms with Gasteiger partial charge in [-0.1, -0.05) is 6.92 Å². The van der Waals surface area contributed by atoms with Crippen molar-refractivity contribution in [2.75, 3.05) is 19.8 Å². The summed E-state index contributed by atoms with van der Waals surface area (Å²) in [6, 6.07) is 2.19. The van der Waals surface area contributed by atoms with Crippen LogP contribution in [0.1, 0.15) is 19.8 Å². The minimum Gasteiger partial charge on any atom is -0.379 e. The Hall–Kier alpha value is -0.590. The average Bonchev–Trinajstić information content (AvgIpc) is 2.39. The number of hydrogen-bond donors (Lipinski definition) is 1. The fourth-order valence-electron chi connectivity index (χ4n) is 1.47. The molecule has 1 rings (SSSR count). The van der Waals surface area contributed by atoms with Gasteiger partial charge in [0.2, 0.25) is 0 Å². The molecule has 0 aliphatic carbocycles. The van der Waals surface area contributed by atoms with Crippen LogP contribution in [0.15, 0.2) is 0 Å². The molecule has 1 unspecified atom stereocenters. The van der Waals surface area contributed by atoms with Crippen molar-refractivity contribution >= 4 is 0 Å². The third kappa shape index (κ3) is 1.92. The van der Waals surface area contributed by atoms with E-state index in [9.17, 15) is 0 Å². The Morgan fingerprint density at radius 2 is 2.55 bits per heavy atom. The zero-order valence-electron chi connectivity index (χ0n) is 6.89. The van der Waals surface area contributed by atoms with Crippen molar-refractivity contribution in [3.63, 3.8) is 0 Å². The van der Waals surface area contributed by atoms with Crippen molar-refractivity contribution in [2.24, 2.45) is 0 Å². The minimum atomic E-state index is -0.0382. The van der Waals surface area contributed by atoms with Gasteiger partial charge in [0.1, 0.15) is 0 Å². The summed E-state index contributed by atoms with van der Waals surface area (Å²) in [6.07, 6.45) is 1.52. The van der Waals surface area contributed by atoms with Gasteiger partial charge in [0.25, 0.3) is 0 Å². The molecule has 0 bridgehead atoms. The normalized spacial score (nSPS) is 30.2. The molecule has 3 heteroatoms. The van der Waals surface area contributed by atoms with Gasteiger partial charge in [-0.25, -0.2) is 0 Å². The van der Waals surface area contributed by atoms with Crippen molar-refractivity contribution < 1.29 is 4.74 Å². The number of nitriles is 1. The third-order valence-electron chi connectivity index (χ3n) is 2.07. The first-order valence-electron chi connectivity index (χ1n) is 4.03. The van der Waals surface area contributed by atoms with Crippen molar-refractivity contribution in [3.8, 4) is 6.07 Å². The Balaban J connectivity index is 2.49. The first-order chi connectivity index (χ1) is 5.33. The molecule has 0 aromatic carbocycles. The molecule has 1 heterocycles. The van der Waals surface area contributed by atoms with E-state index in [1.165, 1.54) is 0 Å². The molecule has 0 saturated carbocycles. The highest BCUT2D eigenvalue weighted by atomic mass is 16.5. The van der Waals surface area contributed by atoms with Gasteiger partial charge in [0.15, 0.2) is 0 Å². The number of likely N-dealkylation sites (N-methyl/N-ethyl adjacent to an activating group) is 1. The van der Waals surface area contributed by atoms with Crippen LogP contribution in [0.3, 0.4) is 0 Å². The van der Waals surface area contributed by atoms with E-state index in [-0.39, 0.29) is 5.54 Å². The van der Waals surface area contributed by atoms with E-state index < -0.39 is 0 Å². The topological polar surface area (TPSA) is 45.0 Å². The highest BCUT2D eigenvalue weighted by Crippen LogP contribution is 2.21. The SMILES string of the molecule is CCNC1(CC#N)CCOC1. The average molecular weight is 154 g/mol. The summed E-state index contributed by atoms with van der Waals surface area (Å²) in [7, 11) is 0. The van der Waals surface area contributed by atoms with Gasteiger partial charge in [-0.15, -0.1) is 0 Å². The maximum atomic E-state index is 8.57. The molecule has 11 heavy (non-hydrogen) atoms. The number of ether oxygens (including phenoxy) is 1. The molecule has 1 atom stereocenters. The molecule has 1 saturated heterocycles. The summed E-state index contributed by atoms with van der Waals surface area (Å²) in [5.41, 5.74) is -0.0382. The molecular weight excluding hydrogens is 140 g/mol.